The molecule has 28 heavy (non-hydrogen) atoms. The summed E-state index contributed by atoms with van der Waals surface area (Å²) < 4.78 is 15.4. The van der Waals surface area contributed by atoms with Crippen molar-refractivity contribution in [3.8, 4) is 5.69 Å². The lowest BCUT2D eigenvalue weighted by Gasteiger charge is -2.23. The number of carbonyl (C=O) groups excluding carboxylic acids is 1. The number of halogens is 1. The van der Waals surface area contributed by atoms with Crippen molar-refractivity contribution in [2.75, 3.05) is 13.1 Å². The normalized spacial score (nSPS) is 23.6. The van der Waals surface area contributed by atoms with Crippen molar-refractivity contribution in [3.05, 3.63) is 57.8 Å². The van der Waals surface area contributed by atoms with Gasteiger partial charge in [0.1, 0.15) is 11.5 Å². The lowest BCUT2D eigenvalue weighted by molar-refractivity contribution is -0.149. The van der Waals surface area contributed by atoms with Crippen LogP contribution in [0.4, 0.5) is 4.39 Å². The van der Waals surface area contributed by atoms with E-state index in [0.717, 1.165) is 12.8 Å². The molecule has 1 aromatic carbocycles. The van der Waals surface area contributed by atoms with E-state index in [1.165, 1.54) is 33.8 Å². The minimum absolute atomic E-state index is 0.0700. The fraction of sp³-hybridized carbons (Fsp3) is 0.400. The van der Waals surface area contributed by atoms with Gasteiger partial charge in [-0.25, -0.2) is 9.07 Å². The molecule has 0 bridgehead atoms. The fourth-order valence-corrected chi connectivity index (χ4v) is 4.51. The van der Waals surface area contributed by atoms with Gasteiger partial charge in [-0.15, -0.1) is 0 Å². The molecule has 0 spiro atoms. The van der Waals surface area contributed by atoms with Gasteiger partial charge in [0.2, 0.25) is 5.43 Å². The molecule has 4 rings (SSSR count). The highest BCUT2D eigenvalue weighted by atomic mass is 19.1. The Hall–Kier alpha value is -3.03. The van der Waals surface area contributed by atoms with Crippen LogP contribution < -0.4 is 5.43 Å². The van der Waals surface area contributed by atoms with E-state index in [1.807, 2.05) is 0 Å². The first-order valence-electron chi connectivity index (χ1n) is 9.22. The van der Waals surface area contributed by atoms with Crippen molar-refractivity contribution in [2.45, 2.75) is 26.2 Å². The van der Waals surface area contributed by atoms with E-state index < -0.39 is 28.5 Å². The van der Waals surface area contributed by atoms with Gasteiger partial charge < -0.3 is 10.0 Å². The second kappa shape index (κ2) is 6.54. The summed E-state index contributed by atoms with van der Waals surface area (Å²) >= 11 is 0. The second-order valence-corrected chi connectivity index (χ2v) is 7.60. The van der Waals surface area contributed by atoms with Crippen LogP contribution in [0.25, 0.3) is 5.69 Å². The number of aliphatic carboxylic acids is 1. The highest BCUT2D eigenvalue weighted by molar-refractivity contribution is 5.93. The zero-order valence-electron chi connectivity index (χ0n) is 15.4. The van der Waals surface area contributed by atoms with Crippen LogP contribution in [0.2, 0.25) is 0 Å². The lowest BCUT2D eigenvalue weighted by Crippen LogP contribution is -2.39. The lowest BCUT2D eigenvalue weighted by atomic mass is 9.81. The van der Waals surface area contributed by atoms with Crippen LogP contribution in [0, 0.1) is 24.1 Å². The van der Waals surface area contributed by atoms with Gasteiger partial charge in [-0.1, -0.05) is 18.6 Å². The molecule has 1 N–H and O–H groups in total. The first kappa shape index (κ1) is 18.3. The number of likely N-dealkylation sites (tertiary alicyclic amines) is 1. The zero-order valence-corrected chi connectivity index (χ0v) is 15.4. The van der Waals surface area contributed by atoms with E-state index in [9.17, 15) is 23.9 Å². The van der Waals surface area contributed by atoms with Crippen molar-refractivity contribution in [3.63, 3.8) is 0 Å². The van der Waals surface area contributed by atoms with Gasteiger partial charge in [-0.3, -0.25) is 14.4 Å². The summed E-state index contributed by atoms with van der Waals surface area (Å²) in [5.41, 5.74) is -1.29. The molecule has 2 heterocycles. The zero-order chi connectivity index (χ0) is 20.1. The van der Waals surface area contributed by atoms with Crippen LogP contribution in [0.1, 0.15) is 35.4 Å². The number of benzene rings is 1. The maximum atomic E-state index is 14.2. The third-order valence-electron chi connectivity index (χ3n) is 5.97. The number of aromatic nitrogens is 2. The van der Waals surface area contributed by atoms with Crippen LogP contribution in [-0.2, 0) is 4.79 Å². The van der Waals surface area contributed by atoms with E-state index in [2.05, 4.69) is 5.10 Å². The summed E-state index contributed by atoms with van der Waals surface area (Å²) in [7, 11) is 0. The molecule has 2 atom stereocenters. The molecule has 2 aromatic rings. The number of carboxylic acid groups (broad SMARTS) is 1. The third kappa shape index (κ3) is 2.71. The maximum absolute atomic E-state index is 14.2. The summed E-state index contributed by atoms with van der Waals surface area (Å²) in [5, 5.41) is 13.8. The molecule has 1 saturated carbocycles. The molecular weight excluding hydrogens is 365 g/mol. The number of rotatable bonds is 3. The molecule has 1 amide bonds. The van der Waals surface area contributed by atoms with Crippen molar-refractivity contribution in [1.82, 2.24) is 14.7 Å². The van der Waals surface area contributed by atoms with E-state index >= 15 is 0 Å². The molecule has 8 heteroatoms. The van der Waals surface area contributed by atoms with Gasteiger partial charge in [0.15, 0.2) is 5.69 Å². The molecular formula is C20H20FN3O4. The van der Waals surface area contributed by atoms with Crippen LogP contribution >= 0.6 is 0 Å². The Morgan fingerprint density at radius 3 is 2.75 bits per heavy atom. The topological polar surface area (TPSA) is 92.5 Å². The van der Waals surface area contributed by atoms with Gasteiger partial charge in [0.05, 0.1) is 5.41 Å². The van der Waals surface area contributed by atoms with E-state index in [1.54, 1.807) is 13.0 Å². The van der Waals surface area contributed by atoms with Crippen LogP contribution in [0.15, 0.2) is 35.1 Å². The Bertz CT molecular complexity index is 1030. The number of nitrogens with zero attached hydrogens (tertiary/aromatic N) is 3. The molecule has 1 aliphatic carbocycles. The van der Waals surface area contributed by atoms with Crippen molar-refractivity contribution in [2.24, 2.45) is 11.3 Å². The number of aryl methyl sites for hydroxylation is 1. The van der Waals surface area contributed by atoms with Crippen LogP contribution in [-0.4, -0.2) is 44.8 Å². The fourth-order valence-electron chi connectivity index (χ4n) is 4.51. The number of fused-ring (bicyclic) bond motifs is 1. The van der Waals surface area contributed by atoms with Gasteiger partial charge in [-0.05, 0) is 37.8 Å². The molecule has 2 fully saturated rings. The number of amides is 1. The Morgan fingerprint density at radius 2 is 2.07 bits per heavy atom. The van der Waals surface area contributed by atoms with Crippen LogP contribution in [0.3, 0.4) is 0 Å². The predicted octanol–water partition coefficient (Wildman–Crippen LogP) is 2.01. The number of hydrogen-bond donors (Lipinski definition) is 1. The summed E-state index contributed by atoms with van der Waals surface area (Å²) in [6.45, 7) is 1.97. The molecule has 2 aliphatic rings. The number of para-hydroxylation sites is 1. The van der Waals surface area contributed by atoms with Gasteiger partial charge in [-0.2, -0.15) is 5.10 Å². The van der Waals surface area contributed by atoms with Crippen LogP contribution in [0.5, 0.6) is 0 Å². The van der Waals surface area contributed by atoms with Gasteiger partial charge in [0.25, 0.3) is 5.91 Å². The SMILES string of the molecule is Cc1cc(=O)c(C(=O)N2C[C@@H]3CCC[C@@]3(C(=O)O)C2)nn1-c1ccccc1F. The Morgan fingerprint density at radius 1 is 1.32 bits per heavy atom. The minimum atomic E-state index is -0.940. The first-order chi connectivity index (χ1) is 13.3. The standard InChI is InChI=1S/C20H20FN3O4/c1-12-9-16(25)17(22-24(12)15-7-3-2-6-14(15)21)18(26)23-10-13-5-4-8-20(13,11-23)19(27)28/h2-3,6-7,9,13H,4-5,8,10-11H2,1H3,(H,27,28)/t13-,20+/m0/s1. The number of carbonyl (C=O) groups is 2. The third-order valence-corrected chi connectivity index (χ3v) is 5.97. The Labute approximate surface area is 160 Å². The molecule has 1 saturated heterocycles. The average molecular weight is 385 g/mol. The quantitative estimate of drug-likeness (QED) is 0.873. The molecule has 0 unspecified atom stereocenters. The summed E-state index contributed by atoms with van der Waals surface area (Å²) in [6, 6.07) is 7.20. The summed E-state index contributed by atoms with van der Waals surface area (Å²) in [4.78, 5) is 38.7. The summed E-state index contributed by atoms with van der Waals surface area (Å²) in [5.74, 6) is -2.15. The van der Waals surface area contributed by atoms with Gasteiger partial charge >= 0.3 is 5.97 Å². The highest BCUT2D eigenvalue weighted by Gasteiger charge is 2.56. The van der Waals surface area contributed by atoms with Crippen molar-refractivity contribution >= 4 is 11.9 Å². The predicted molar refractivity (Wildman–Crippen MR) is 97.8 cm³/mol. The minimum Gasteiger partial charge on any atom is -0.481 e. The average Bonchev–Trinajstić information content (AvgIpc) is 3.21. The molecule has 1 aliphatic heterocycles. The second-order valence-electron chi connectivity index (χ2n) is 7.60. The van der Waals surface area contributed by atoms with E-state index in [-0.39, 0.29) is 23.8 Å². The molecule has 0 radical (unpaired) electrons. The van der Waals surface area contributed by atoms with E-state index in [0.29, 0.717) is 18.7 Å². The monoisotopic (exact) mass is 385 g/mol. The molecule has 1 aromatic heterocycles. The van der Waals surface area contributed by atoms with Gasteiger partial charge in [0, 0.05) is 24.8 Å². The van der Waals surface area contributed by atoms with E-state index in [4.69, 9.17) is 0 Å². The largest absolute Gasteiger partial charge is 0.481 e. The number of carboxylic acids is 1. The number of hydrogen-bond acceptors (Lipinski definition) is 4. The highest BCUT2D eigenvalue weighted by Crippen LogP contribution is 2.49. The Balaban J connectivity index is 1.71. The summed E-state index contributed by atoms with van der Waals surface area (Å²) in [6.07, 6.45) is 2.09. The molecule has 7 nitrogen and oxygen atoms in total. The Kier molecular flexibility index (Phi) is 4.28. The maximum Gasteiger partial charge on any atom is 0.311 e. The smallest absolute Gasteiger partial charge is 0.311 e. The van der Waals surface area contributed by atoms with Crippen molar-refractivity contribution < 1.29 is 19.1 Å². The first-order valence-corrected chi connectivity index (χ1v) is 9.22. The molecule has 146 valence electrons. The van der Waals surface area contributed by atoms with Crippen molar-refractivity contribution in [1.29, 1.82) is 0 Å².